The van der Waals surface area contributed by atoms with E-state index in [1.54, 1.807) is 19.2 Å². The normalized spacial score (nSPS) is 10.8. The molecule has 0 saturated carbocycles. The van der Waals surface area contributed by atoms with Crippen molar-refractivity contribution in [3.8, 4) is 11.5 Å². The van der Waals surface area contributed by atoms with Crippen molar-refractivity contribution in [3.63, 3.8) is 0 Å². The summed E-state index contributed by atoms with van der Waals surface area (Å²) in [7, 11) is 4.24. The molecule has 2 rings (SSSR count). The lowest BCUT2D eigenvalue weighted by atomic mass is 10.0. The predicted molar refractivity (Wildman–Crippen MR) is 115 cm³/mol. The number of carbonyl (C=O) groups is 1. The van der Waals surface area contributed by atoms with Gasteiger partial charge in [-0.3, -0.25) is 0 Å². The highest BCUT2D eigenvalue weighted by molar-refractivity contribution is 9.28. The minimum Gasteiger partial charge on any atom is -0.493 e. The Bertz CT molecular complexity index is 892. The number of halogens is 2. The van der Waals surface area contributed by atoms with E-state index in [-0.39, 0.29) is 12.3 Å². The third-order valence-corrected chi connectivity index (χ3v) is 4.14. The molecular formula is C20H19Br2NO5. The Morgan fingerprint density at radius 2 is 1.82 bits per heavy atom. The van der Waals surface area contributed by atoms with Crippen LogP contribution in [0.5, 0.6) is 11.5 Å². The van der Waals surface area contributed by atoms with Crippen LogP contribution in [0.2, 0.25) is 0 Å². The molecule has 0 heterocycles. The summed E-state index contributed by atoms with van der Waals surface area (Å²) in [6, 6.07) is 12.8. The van der Waals surface area contributed by atoms with Gasteiger partial charge in [0.1, 0.15) is 13.7 Å². The third kappa shape index (κ3) is 5.84. The van der Waals surface area contributed by atoms with Gasteiger partial charge in [0.25, 0.3) is 0 Å². The lowest BCUT2D eigenvalue weighted by Gasteiger charge is -2.14. The molecule has 0 radical (unpaired) electrons. The van der Waals surface area contributed by atoms with Crippen LogP contribution in [0.3, 0.4) is 0 Å². The van der Waals surface area contributed by atoms with Crippen LogP contribution in [0, 0.1) is 0 Å². The van der Waals surface area contributed by atoms with E-state index in [2.05, 4.69) is 37.0 Å². The van der Waals surface area contributed by atoms with E-state index >= 15 is 0 Å². The zero-order chi connectivity index (χ0) is 20.5. The Hall–Kier alpha value is -2.32. The number of nitrogens with zero attached hydrogens (tertiary/aromatic N) is 1. The quantitative estimate of drug-likeness (QED) is 0.286. The van der Waals surface area contributed by atoms with E-state index in [0.717, 1.165) is 14.5 Å². The van der Waals surface area contributed by atoms with Gasteiger partial charge < -0.3 is 19.0 Å². The summed E-state index contributed by atoms with van der Waals surface area (Å²) in [5, 5.41) is 3.81. The molecule has 6 nitrogen and oxygen atoms in total. The van der Waals surface area contributed by atoms with E-state index in [0.29, 0.717) is 17.1 Å². The molecule has 0 atom stereocenters. The Morgan fingerprint density at radius 1 is 1.07 bits per heavy atom. The second-order valence-corrected chi connectivity index (χ2v) is 8.18. The van der Waals surface area contributed by atoms with E-state index in [9.17, 15) is 4.79 Å². The molecule has 0 unspecified atom stereocenters. The van der Waals surface area contributed by atoms with Crippen LogP contribution in [0.1, 0.15) is 16.7 Å². The van der Waals surface area contributed by atoms with Gasteiger partial charge in [-0.2, -0.15) is 0 Å². The second kappa shape index (κ2) is 10.9. The maximum atomic E-state index is 12.1. The summed E-state index contributed by atoms with van der Waals surface area (Å²) in [4.78, 5) is 16.9. The van der Waals surface area contributed by atoms with Crippen LogP contribution in [0.4, 0.5) is 0 Å². The molecule has 8 heteroatoms. The number of hydrogen-bond acceptors (Lipinski definition) is 6. The standard InChI is InChI=1S/C20H19Br2NO5/c1-25-16-9-8-13(11-18(21)22)10-17(16)28-12-14-6-4-5-7-15(14)19(23-27-3)20(24)26-2/h4-11H,12H2,1-3H3. The molecule has 0 N–H and O–H groups in total. The van der Waals surface area contributed by atoms with Crippen molar-refractivity contribution in [2.24, 2.45) is 5.16 Å². The van der Waals surface area contributed by atoms with Gasteiger partial charge >= 0.3 is 5.97 Å². The van der Waals surface area contributed by atoms with E-state index in [4.69, 9.17) is 19.0 Å². The van der Waals surface area contributed by atoms with Crippen molar-refractivity contribution < 1.29 is 23.8 Å². The molecule has 0 aliphatic carbocycles. The number of oxime groups is 1. The fraction of sp³-hybridized carbons (Fsp3) is 0.200. The van der Waals surface area contributed by atoms with E-state index in [1.165, 1.54) is 14.2 Å². The third-order valence-electron chi connectivity index (χ3n) is 3.68. The summed E-state index contributed by atoms with van der Waals surface area (Å²) < 4.78 is 17.0. The van der Waals surface area contributed by atoms with Crippen molar-refractivity contribution >= 4 is 49.6 Å². The van der Waals surface area contributed by atoms with Gasteiger partial charge in [0.15, 0.2) is 17.2 Å². The maximum absolute atomic E-state index is 12.1. The van der Waals surface area contributed by atoms with Crippen molar-refractivity contribution in [2.75, 3.05) is 21.3 Å². The molecule has 2 aromatic carbocycles. The smallest absolute Gasteiger partial charge is 0.360 e. The largest absolute Gasteiger partial charge is 0.493 e. The fourth-order valence-electron chi connectivity index (χ4n) is 2.44. The fourth-order valence-corrected chi connectivity index (χ4v) is 2.97. The molecule has 0 aliphatic heterocycles. The first-order chi connectivity index (χ1) is 13.5. The van der Waals surface area contributed by atoms with Crippen LogP contribution in [0.25, 0.3) is 6.08 Å². The van der Waals surface area contributed by atoms with Crippen LogP contribution in [0.15, 0.2) is 51.0 Å². The molecule has 0 amide bonds. The Balaban J connectivity index is 2.34. The highest BCUT2D eigenvalue weighted by Gasteiger charge is 2.19. The number of methoxy groups -OCH3 is 2. The lowest BCUT2D eigenvalue weighted by molar-refractivity contribution is -0.132. The maximum Gasteiger partial charge on any atom is 0.360 e. The zero-order valence-electron chi connectivity index (χ0n) is 15.6. The molecule has 0 bridgehead atoms. The number of esters is 1. The summed E-state index contributed by atoms with van der Waals surface area (Å²) in [6.45, 7) is 0.189. The average molecular weight is 513 g/mol. The van der Waals surface area contributed by atoms with Crippen molar-refractivity contribution in [3.05, 3.63) is 62.5 Å². The zero-order valence-corrected chi connectivity index (χ0v) is 18.7. The van der Waals surface area contributed by atoms with Gasteiger partial charge in [0.05, 0.1) is 17.6 Å². The predicted octanol–water partition coefficient (Wildman–Crippen LogP) is 4.89. The van der Waals surface area contributed by atoms with E-state index < -0.39 is 5.97 Å². The van der Waals surface area contributed by atoms with Crippen molar-refractivity contribution in [1.29, 1.82) is 0 Å². The first-order valence-electron chi connectivity index (χ1n) is 8.11. The minimum atomic E-state index is -0.596. The Kier molecular flexibility index (Phi) is 8.53. The van der Waals surface area contributed by atoms with Gasteiger partial charge in [-0.25, -0.2) is 4.79 Å². The molecule has 0 spiro atoms. The topological polar surface area (TPSA) is 66.4 Å². The first-order valence-corrected chi connectivity index (χ1v) is 9.70. The van der Waals surface area contributed by atoms with Crippen LogP contribution < -0.4 is 9.47 Å². The Morgan fingerprint density at radius 3 is 2.46 bits per heavy atom. The molecule has 148 valence electrons. The summed E-state index contributed by atoms with van der Waals surface area (Å²) in [5.74, 6) is 0.566. The SMILES string of the molecule is CON=C(C(=O)OC)c1ccccc1COc1cc(C=C(Br)Br)ccc1OC. The average Bonchev–Trinajstić information content (AvgIpc) is 2.70. The van der Waals surface area contributed by atoms with Crippen LogP contribution in [-0.2, 0) is 21.0 Å². The van der Waals surface area contributed by atoms with Gasteiger partial charge in [-0.05, 0) is 61.2 Å². The van der Waals surface area contributed by atoms with Gasteiger partial charge in [-0.1, -0.05) is 35.5 Å². The molecule has 0 fully saturated rings. The molecule has 0 aromatic heterocycles. The minimum absolute atomic E-state index is 0.0658. The summed E-state index contributed by atoms with van der Waals surface area (Å²) in [5.41, 5.74) is 2.29. The van der Waals surface area contributed by atoms with Gasteiger partial charge in [0.2, 0.25) is 0 Å². The number of benzene rings is 2. The summed E-state index contributed by atoms with van der Waals surface area (Å²) in [6.07, 6.45) is 1.89. The van der Waals surface area contributed by atoms with Crippen LogP contribution >= 0.6 is 31.9 Å². The second-order valence-electron chi connectivity index (χ2n) is 5.40. The first kappa shape index (κ1) is 22.0. The molecule has 2 aromatic rings. The molecule has 28 heavy (non-hydrogen) atoms. The highest BCUT2D eigenvalue weighted by Crippen LogP contribution is 2.31. The van der Waals surface area contributed by atoms with Gasteiger partial charge in [-0.15, -0.1) is 0 Å². The highest BCUT2D eigenvalue weighted by atomic mass is 79.9. The van der Waals surface area contributed by atoms with E-state index in [1.807, 2.05) is 36.4 Å². The molecule has 0 saturated heterocycles. The number of rotatable bonds is 8. The van der Waals surface area contributed by atoms with Crippen molar-refractivity contribution in [2.45, 2.75) is 6.61 Å². The lowest BCUT2D eigenvalue weighted by Crippen LogP contribution is -2.19. The number of ether oxygens (including phenoxy) is 3. The van der Waals surface area contributed by atoms with Crippen molar-refractivity contribution in [1.82, 2.24) is 0 Å². The monoisotopic (exact) mass is 511 g/mol. The number of carbonyl (C=O) groups excluding carboxylic acids is 1. The van der Waals surface area contributed by atoms with Gasteiger partial charge in [0, 0.05) is 5.56 Å². The number of hydrogen-bond donors (Lipinski definition) is 0. The molecular weight excluding hydrogens is 494 g/mol. The Labute approximate surface area is 180 Å². The van der Waals surface area contributed by atoms with Crippen LogP contribution in [-0.4, -0.2) is 33.0 Å². The summed E-state index contributed by atoms with van der Waals surface area (Å²) >= 11 is 6.69. The molecule has 0 aliphatic rings.